The molecule has 1 unspecified atom stereocenters. The van der Waals surface area contributed by atoms with E-state index in [1.165, 1.54) is 36.0 Å². The SMILES string of the molecule is O=C(NCC1S/C(=N/c2ccccn2)NC1=O)c1ccc(F)cc1. The number of amides is 2. The first-order valence-electron chi connectivity index (χ1n) is 7.13. The number of pyridine rings is 1. The average Bonchev–Trinajstić information content (AvgIpc) is 2.93. The van der Waals surface area contributed by atoms with Gasteiger partial charge < -0.3 is 10.6 Å². The maximum absolute atomic E-state index is 12.8. The average molecular weight is 344 g/mol. The molecule has 2 aromatic rings. The molecule has 1 aromatic carbocycles. The number of carbonyl (C=O) groups excluding carboxylic acids is 2. The Morgan fingerprint density at radius 1 is 1.29 bits per heavy atom. The maximum Gasteiger partial charge on any atom is 0.251 e. The summed E-state index contributed by atoms with van der Waals surface area (Å²) in [6.45, 7) is 0.147. The predicted molar refractivity (Wildman–Crippen MR) is 89.6 cm³/mol. The first-order chi connectivity index (χ1) is 11.6. The van der Waals surface area contributed by atoms with Crippen molar-refractivity contribution in [2.75, 3.05) is 6.54 Å². The van der Waals surface area contributed by atoms with Crippen LogP contribution in [0.25, 0.3) is 0 Å². The van der Waals surface area contributed by atoms with E-state index in [0.29, 0.717) is 16.5 Å². The van der Waals surface area contributed by atoms with Gasteiger partial charge in [0, 0.05) is 18.3 Å². The van der Waals surface area contributed by atoms with Crippen molar-refractivity contribution in [3.05, 3.63) is 60.0 Å². The van der Waals surface area contributed by atoms with Gasteiger partial charge >= 0.3 is 0 Å². The fourth-order valence-corrected chi connectivity index (χ4v) is 2.91. The van der Waals surface area contributed by atoms with Gasteiger partial charge in [-0.15, -0.1) is 0 Å². The van der Waals surface area contributed by atoms with Crippen molar-refractivity contribution < 1.29 is 14.0 Å². The largest absolute Gasteiger partial charge is 0.350 e. The number of aliphatic imine (C=N–C) groups is 1. The first kappa shape index (κ1) is 16.1. The summed E-state index contributed by atoms with van der Waals surface area (Å²) < 4.78 is 12.8. The minimum atomic E-state index is -0.475. The molecule has 122 valence electrons. The van der Waals surface area contributed by atoms with Crippen LogP contribution in [0.1, 0.15) is 10.4 Å². The smallest absolute Gasteiger partial charge is 0.251 e. The number of aromatic nitrogens is 1. The minimum absolute atomic E-state index is 0.147. The Bertz CT molecular complexity index is 780. The van der Waals surface area contributed by atoms with Crippen LogP contribution in [0.15, 0.2) is 53.7 Å². The molecule has 1 fully saturated rings. The van der Waals surface area contributed by atoms with E-state index in [9.17, 15) is 14.0 Å². The van der Waals surface area contributed by atoms with Crippen LogP contribution in [0.4, 0.5) is 10.2 Å². The zero-order valence-electron chi connectivity index (χ0n) is 12.4. The highest BCUT2D eigenvalue weighted by molar-refractivity contribution is 8.15. The highest BCUT2D eigenvalue weighted by Crippen LogP contribution is 2.21. The lowest BCUT2D eigenvalue weighted by atomic mass is 10.2. The summed E-state index contributed by atoms with van der Waals surface area (Å²) in [4.78, 5) is 32.2. The van der Waals surface area contributed by atoms with Gasteiger partial charge in [-0.2, -0.15) is 0 Å². The van der Waals surface area contributed by atoms with Crippen LogP contribution in [0.5, 0.6) is 0 Å². The standard InChI is InChI=1S/C16H13FN4O2S/c17-11-6-4-10(5-7-11)14(22)19-9-12-15(23)21-16(24-12)20-13-3-1-2-8-18-13/h1-8,12H,9H2,(H,19,22)(H,18,20,21,23). The molecule has 0 spiro atoms. The molecule has 3 rings (SSSR count). The third-order valence-corrected chi connectivity index (χ3v) is 4.28. The molecule has 1 aliphatic rings. The van der Waals surface area contributed by atoms with Gasteiger partial charge in [0.2, 0.25) is 5.91 Å². The van der Waals surface area contributed by atoms with E-state index in [2.05, 4.69) is 20.6 Å². The van der Waals surface area contributed by atoms with E-state index < -0.39 is 11.1 Å². The Hall–Kier alpha value is -2.74. The molecule has 1 aromatic heterocycles. The molecular weight excluding hydrogens is 331 g/mol. The Kier molecular flexibility index (Phi) is 4.85. The molecule has 2 N–H and O–H groups in total. The Balaban J connectivity index is 1.58. The van der Waals surface area contributed by atoms with Crippen LogP contribution in [-0.2, 0) is 4.79 Å². The van der Waals surface area contributed by atoms with E-state index in [4.69, 9.17) is 0 Å². The monoisotopic (exact) mass is 344 g/mol. The van der Waals surface area contributed by atoms with Crippen LogP contribution >= 0.6 is 11.8 Å². The van der Waals surface area contributed by atoms with E-state index in [0.717, 1.165) is 0 Å². The van der Waals surface area contributed by atoms with Gasteiger partial charge in [0.05, 0.1) is 0 Å². The molecule has 0 saturated carbocycles. The normalized spacial score (nSPS) is 18.5. The summed E-state index contributed by atoms with van der Waals surface area (Å²) >= 11 is 1.23. The Morgan fingerprint density at radius 3 is 2.79 bits per heavy atom. The number of hydrogen-bond acceptors (Lipinski definition) is 5. The molecule has 1 aliphatic heterocycles. The molecular formula is C16H13FN4O2S. The van der Waals surface area contributed by atoms with E-state index in [1.807, 2.05) is 0 Å². The molecule has 6 nitrogen and oxygen atoms in total. The number of thioether (sulfide) groups is 1. The summed E-state index contributed by atoms with van der Waals surface area (Å²) in [6, 6.07) is 10.5. The number of nitrogens with one attached hydrogen (secondary N) is 2. The van der Waals surface area contributed by atoms with Crippen molar-refractivity contribution in [2.24, 2.45) is 4.99 Å². The predicted octanol–water partition coefficient (Wildman–Crippen LogP) is 1.87. The number of hydrogen-bond donors (Lipinski definition) is 2. The van der Waals surface area contributed by atoms with E-state index in [1.54, 1.807) is 24.4 Å². The van der Waals surface area contributed by atoms with Crippen molar-refractivity contribution in [3.8, 4) is 0 Å². The van der Waals surface area contributed by atoms with Crippen molar-refractivity contribution in [3.63, 3.8) is 0 Å². The summed E-state index contributed by atoms with van der Waals surface area (Å²) in [6.07, 6.45) is 1.61. The number of nitrogens with zero attached hydrogens (tertiary/aromatic N) is 2. The van der Waals surface area contributed by atoms with Crippen molar-refractivity contribution >= 4 is 34.6 Å². The van der Waals surface area contributed by atoms with Crippen molar-refractivity contribution in [1.82, 2.24) is 15.6 Å². The van der Waals surface area contributed by atoms with Gasteiger partial charge in [-0.3, -0.25) is 9.59 Å². The molecule has 0 aliphatic carbocycles. The third kappa shape index (κ3) is 3.96. The summed E-state index contributed by atoms with van der Waals surface area (Å²) in [5, 5.41) is 5.29. The zero-order chi connectivity index (χ0) is 16.9. The van der Waals surface area contributed by atoms with Crippen LogP contribution in [0, 0.1) is 5.82 Å². The number of benzene rings is 1. The molecule has 0 radical (unpaired) electrons. The number of amidine groups is 1. The molecule has 1 atom stereocenters. The maximum atomic E-state index is 12.8. The van der Waals surface area contributed by atoms with Crippen molar-refractivity contribution in [2.45, 2.75) is 5.25 Å². The summed E-state index contributed by atoms with van der Waals surface area (Å²) in [5.74, 6) is -0.503. The van der Waals surface area contributed by atoms with Gasteiger partial charge in [0.1, 0.15) is 11.1 Å². The summed E-state index contributed by atoms with van der Waals surface area (Å²) in [7, 11) is 0. The fraction of sp³-hybridized carbons (Fsp3) is 0.125. The van der Waals surface area contributed by atoms with Gasteiger partial charge in [-0.05, 0) is 36.4 Å². The zero-order valence-corrected chi connectivity index (χ0v) is 13.2. The first-order valence-corrected chi connectivity index (χ1v) is 8.01. The molecule has 24 heavy (non-hydrogen) atoms. The number of carbonyl (C=O) groups is 2. The topological polar surface area (TPSA) is 83.4 Å². The highest BCUT2D eigenvalue weighted by Gasteiger charge is 2.30. The number of halogens is 1. The quantitative estimate of drug-likeness (QED) is 0.887. The van der Waals surface area contributed by atoms with Gasteiger partial charge in [0.15, 0.2) is 11.0 Å². The van der Waals surface area contributed by atoms with Crippen LogP contribution in [0.2, 0.25) is 0 Å². The van der Waals surface area contributed by atoms with Crippen LogP contribution in [-0.4, -0.2) is 33.8 Å². The van der Waals surface area contributed by atoms with Crippen LogP contribution < -0.4 is 10.6 Å². The second kappa shape index (κ2) is 7.22. The van der Waals surface area contributed by atoms with E-state index >= 15 is 0 Å². The molecule has 2 heterocycles. The fourth-order valence-electron chi connectivity index (χ4n) is 2.00. The van der Waals surface area contributed by atoms with Crippen LogP contribution in [0.3, 0.4) is 0 Å². The molecule has 1 saturated heterocycles. The molecule has 2 amide bonds. The summed E-state index contributed by atoms with van der Waals surface area (Å²) in [5.41, 5.74) is 0.335. The van der Waals surface area contributed by atoms with E-state index in [-0.39, 0.29) is 18.4 Å². The van der Waals surface area contributed by atoms with Gasteiger partial charge in [0.25, 0.3) is 5.91 Å². The minimum Gasteiger partial charge on any atom is -0.350 e. The molecule has 8 heteroatoms. The lowest BCUT2D eigenvalue weighted by Gasteiger charge is -2.07. The Morgan fingerprint density at radius 2 is 2.08 bits per heavy atom. The lowest BCUT2D eigenvalue weighted by molar-refractivity contribution is -0.118. The highest BCUT2D eigenvalue weighted by atomic mass is 32.2. The third-order valence-electron chi connectivity index (χ3n) is 3.20. The molecule has 0 bridgehead atoms. The second-order valence-electron chi connectivity index (χ2n) is 4.92. The number of rotatable bonds is 4. The van der Waals surface area contributed by atoms with Crippen molar-refractivity contribution in [1.29, 1.82) is 0 Å². The van der Waals surface area contributed by atoms with Gasteiger partial charge in [-0.25, -0.2) is 14.4 Å². The second-order valence-corrected chi connectivity index (χ2v) is 6.11. The Labute approximate surface area is 141 Å². The lowest BCUT2D eigenvalue weighted by Crippen LogP contribution is -2.35. The van der Waals surface area contributed by atoms with Gasteiger partial charge in [-0.1, -0.05) is 17.8 Å².